The normalized spacial score (nSPS) is 12.1. The van der Waals surface area contributed by atoms with Crippen LogP contribution in [0.5, 0.6) is 5.88 Å². The molecule has 6 nitrogen and oxygen atoms in total. The number of amides is 1. The van der Waals surface area contributed by atoms with Crippen LogP contribution in [0, 0.1) is 3.95 Å². The number of nitrogens with one attached hydrogen (secondary N) is 1. The second-order valence-electron chi connectivity index (χ2n) is 5.83. The van der Waals surface area contributed by atoms with Crippen LogP contribution in [0.4, 0.5) is 5.69 Å². The molecule has 0 aliphatic carbocycles. The van der Waals surface area contributed by atoms with Crippen molar-refractivity contribution in [2.45, 2.75) is 6.92 Å². The van der Waals surface area contributed by atoms with E-state index in [1.807, 2.05) is 24.3 Å². The molecule has 1 amide bonds. The molecular weight excluding hydrogens is 380 g/mol. The predicted octanol–water partition coefficient (Wildman–Crippen LogP) is 3.18. The van der Waals surface area contributed by atoms with Gasteiger partial charge in [-0.3, -0.25) is 9.36 Å². The van der Waals surface area contributed by atoms with Crippen LogP contribution >= 0.6 is 23.6 Å². The summed E-state index contributed by atoms with van der Waals surface area (Å²) in [5.74, 6) is 0.416. The van der Waals surface area contributed by atoms with E-state index < -0.39 is 0 Å². The Labute approximate surface area is 163 Å². The first kappa shape index (κ1) is 17.3. The zero-order valence-electron chi connectivity index (χ0n) is 14.2. The fourth-order valence-electron chi connectivity index (χ4n) is 2.71. The molecule has 0 unspecified atom stereocenters. The van der Waals surface area contributed by atoms with Crippen molar-refractivity contribution in [2.75, 3.05) is 5.32 Å². The first-order valence-electron chi connectivity index (χ1n) is 8.08. The molecule has 0 saturated heterocycles. The number of carbonyl (C=O) groups is 1. The maximum atomic E-state index is 11.1. The second kappa shape index (κ2) is 6.90. The van der Waals surface area contributed by atoms with Crippen molar-refractivity contribution in [1.29, 1.82) is 0 Å². The van der Waals surface area contributed by atoms with E-state index in [2.05, 4.69) is 15.3 Å². The summed E-state index contributed by atoms with van der Waals surface area (Å²) in [5, 5.41) is 15.0. The third-order valence-electron chi connectivity index (χ3n) is 3.87. The number of carbonyl (C=O) groups excluding carboxylic acids is 1. The van der Waals surface area contributed by atoms with Crippen LogP contribution in [0.15, 0.2) is 64.3 Å². The van der Waals surface area contributed by atoms with E-state index in [9.17, 15) is 9.90 Å². The lowest BCUT2D eigenvalue weighted by atomic mass is 10.2. The smallest absolute Gasteiger partial charge is 0.221 e. The summed E-state index contributed by atoms with van der Waals surface area (Å²) in [6, 6.07) is 14.7. The Balaban J connectivity index is 1.71. The first-order valence-corrected chi connectivity index (χ1v) is 9.31. The van der Waals surface area contributed by atoms with Gasteiger partial charge in [-0.15, -0.1) is 11.3 Å². The number of hydrogen-bond donors (Lipinski definition) is 2. The minimum atomic E-state index is -0.142. The molecule has 8 heteroatoms. The molecule has 2 heterocycles. The minimum absolute atomic E-state index is 0.0335. The Bertz CT molecular complexity index is 1220. The van der Waals surface area contributed by atoms with E-state index in [4.69, 9.17) is 12.2 Å². The molecule has 0 spiro atoms. The van der Waals surface area contributed by atoms with Crippen LogP contribution in [-0.2, 0) is 4.79 Å². The molecule has 27 heavy (non-hydrogen) atoms. The zero-order chi connectivity index (χ0) is 19.0. The fraction of sp³-hybridized carbons (Fsp3) is 0.0526. The Kier molecular flexibility index (Phi) is 4.43. The summed E-state index contributed by atoms with van der Waals surface area (Å²) in [6.45, 7) is 1.45. The lowest BCUT2D eigenvalue weighted by molar-refractivity contribution is -0.114. The molecule has 2 aromatic carbocycles. The van der Waals surface area contributed by atoms with Gasteiger partial charge in [0.05, 0.1) is 21.3 Å². The molecule has 4 rings (SSSR count). The van der Waals surface area contributed by atoms with Crippen molar-refractivity contribution < 1.29 is 9.90 Å². The SMILES string of the molecule is CC(=O)Nc1ccc(-n2c(O)c(C=C3N=c4ccccc4=N3)sc2=S)cc1. The molecule has 2 N–H and O–H groups in total. The monoisotopic (exact) mass is 394 g/mol. The second-order valence-corrected chi connectivity index (χ2v) is 7.51. The van der Waals surface area contributed by atoms with E-state index in [1.165, 1.54) is 18.3 Å². The van der Waals surface area contributed by atoms with Gasteiger partial charge in [-0.2, -0.15) is 0 Å². The van der Waals surface area contributed by atoms with Crippen LogP contribution in [0.25, 0.3) is 11.8 Å². The van der Waals surface area contributed by atoms with Crippen LogP contribution in [0.2, 0.25) is 0 Å². The van der Waals surface area contributed by atoms with E-state index in [0.29, 0.717) is 26.0 Å². The Morgan fingerprint density at radius 2 is 1.78 bits per heavy atom. The van der Waals surface area contributed by atoms with Crippen molar-refractivity contribution >= 4 is 41.2 Å². The number of para-hydroxylation sites is 2. The van der Waals surface area contributed by atoms with Gasteiger partial charge < -0.3 is 10.4 Å². The van der Waals surface area contributed by atoms with Gasteiger partial charge in [0, 0.05) is 18.7 Å². The molecule has 3 aromatic rings. The van der Waals surface area contributed by atoms with Crippen molar-refractivity contribution in [3.05, 3.63) is 73.9 Å². The standard InChI is InChI=1S/C19H14N4O2S2/c1-11(24)20-12-6-8-13(9-7-12)23-18(25)16(27-19(23)26)10-17-21-14-4-2-3-5-15(14)22-17/h2-10,25H,1H3,(H,20,24). The van der Waals surface area contributed by atoms with Gasteiger partial charge in [-0.05, 0) is 48.6 Å². The van der Waals surface area contributed by atoms with E-state index in [0.717, 1.165) is 10.7 Å². The number of anilines is 1. The minimum Gasteiger partial charge on any atom is -0.493 e. The maximum Gasteiger partial charge on any atom is 0.221 e. The number of rotatable bonds is 3. The van der Waals surface area contributed by atoms with E-state index >= 15 is 0 Å². The predicted molar refractivity (Wildman–Crippen MR) is 107 cm³/mol. The highest BCUT2D eigenvalue weighted by molar-refractivity contribution is 7.73. The highest BCUT2D eigenvalue weighted by Crippen LogP contribution is 2.32. The quantitative estimate of drug-likeness (QED) is 0.670. The number of thiazole rings is 1. The van der Waals surface area contributed by atoms with Gasteiger partial charge in [0.2, 0.25) is 11.8 Å². The van der Waals surface area contributed by atoms with Crippen LogP contribution < -0.4 is 16.0 Å². The van der Waals surface area contributed by atoms with Gasteiger partial charge in [0.1, 0.15) is 0 Å². The number of nitrogens with zero attached hydrogens (tertiary/aromatic N) is 3. The molecule has 1 aliphatic heterocycles. The molecule has 0 bridgehead atoms. The summed E-state index contributed by atoms with van der Waals surface area (Å²) in [6.07, 6.45) is 1.72. The van der Waals surface area contributed by atoms with E-state index in [1.54, 1.807) is 34.9 Å². The molecule has 1 aromatic heterocycles. The summed E-state index contributed by atoms with van der Waals surface area (Å²) in [5.41, 5.74) is 1.38. The first-order chi connectivity index (χ1) is 13.0. The Hall–Kier alpha value is -3.10. The lowest BCUT2D eigenvalue weighted by Crippen LogP contribution is -2.19. The third-order valence-corrected chi connectivity index (χ3v) is 5.18. The van der Waals surface area contributed by atoms with Crippen molar-refractivity contribution in [2.24, 2.45) is 9.98 Å². The molecule has 134 valence electrons. The number of aromatic hydroxyl groups is 1. The lowest BCUT2D eigenvalue weighted by Gasteiger charge is -2.07. The van der Waals surface area contributed by atoms with Gasteiger partial charge in [-0.25, -0.2) is 9.98 Å². The highest BCUT2D eigenvalue weighted by Gasteiger charge is 2.13. The molecule has 0 atom stereocenters. The van der Waals surface area contributed by atoms with Crippen LogP contribution in [0.3, 0.4) is 0 Å². The summed E-state index contributed by atoms with van der Waals surface area (Å²) in [4.78, 5) is 20.6. The van der Waals surface area contributed by atoms with Crippen molar-refractivity contribution in [3.63, 3.8) is 0 Å². The van der Waals surface area contributed by atoms with Gasteiger partial charge in [-0.1, -0.05) is 12.1 Å². The average Bonchev–Trinajstić information content (AvgIpc) is 3.16. The number of hydrogen-bond acceptors (Lipinski definition) is 6. The number of benzene rings is 2. The third kappa shape index (κ3) is 3.44. The Morgan fingerprint density at radius 3 is 2.37 bits per heavy atom. The summed E-state index contributed by atoms with van der Waals surface area (Å²) < 4.78 is 2.08. The summed E-state index contributed by atoms with van der Waals surface area (Å²) in [7, 11) is 0. The largest absolute Gasteiger partial charge is 0.493 e. The number of fused-ring (bicyclic) bond motifs is 1. The van der Waals surface area contributed by atoms with Crippen LogP contribution in [0.1, 0.15) is 11.8 Å². The average molecular weight is 394 g/mol. The maximum absolute atomic E-state index is 11.1. The van der Waals surface area contributed by atoms with Gasteiger partial charge in [0.25, 0.3) is 0 Å². The highest BCUT2D eigenvalue weighted by atomic mass is 32.1. The molecule has 0 radical (unpaired) electrons. The fourth-order valence-corrected chi connectivity index (χ4v) is 3.99. The number of aromatic nitrogens is 1. The molecule has 1 aliphatic rings. The molecular formula is C19H14N4O2S2. The molecule has 0 fully saturated rings. The summed E-state index contributed by atoms with van der Waals surface area (Å²) >= 11 is 6.69. The van der Waals surface area contributed by atoms with Crippen molar-refractivity contribution in [1.82, 2.24) is 4.57 Å². The van der Waals surface area contributed by atoms with Crippen molar-refractivity contribution in [3.8, 4) is 11.6 Å². The van der Waals surface area contributed by atoms with Gasteiger partial charge >= 0.3 is 0 Å². The van der Waals surface area contributed by atoms with Crippen LogP contribution in [-0.4, -0.2) is 15.6 Å². The molecule has 0 saturated carbocycles. The van der Waals surface area contributed by atoms with Gasteiger partial charge in [0.15, 0.2) is 9.78 Å². The van der Waals surface area contributed by atoms with E-state index in [-0.39, 0.29) is 11.8 Å². The zero-order valence-corrected chi connectivity index (χ0v) is 15.8. The topological polar surface area (TPSA) is 79.0 Å². The Morgan fingerprint density at radius 1 is 1.15 bits per heavy atom.